The van der Waals surface area contributed by atoms with Crippen molar-refractivity contribution in [1.82, 2.24) is 0 Å². The fourth-order valence-corrected chi connectivity index (χ4v) is 2.54. The Morgan fingerprint density at radius 1 is 1.75 bits per heavy atom. The molecule has 2 aliphatic rings. The Labute approximate surface area is 72.6 Å². The maximum atomic E-state index is 11.5. The molecule has 2 aliphatic carbocycles. The van der Waals surface area contributed by atoms with E-state index in [2.05, 4.69) is 6.08 Å². The van der Waals surface area contributed by atoms with Gasteiger partial charge in [-0.05, 0) is 32.1 Å². The normalized spacial score (nSPS) is 38.2. The summed E-state index contributed by atoms with van der Waals surface area (Å²) in [6.07, 6.45) is 5.49. The number of rotatable bonds is 1. The first-order valence-corrected chi connectivity index (χ1v) is 4.45. The average molecular weight is 166 g/mol. The fraction of sp³-hybridized carbons (Fsp3) is 0.700. The van der Waals surface area contributed by atoms with E-state index < -0.39 is 0 Å². The molecule has 2 atom stereocenters. The summed E-state index contributed by atoms with van der Waals surface area (Å²) in [5, 5.41) is 0. The van der Waals surface area contributed by atoms with Gasteiger partial charge < -0.3 is 4.74 Å². The summed E-state index contributed by atoms with van der Waals surface area (Å²) < 4.78 is 4.81. The standard InChI is InChI=1S/C10H14O2/c1-10(9(11)12-2)6-7-3-4-8(10)5-7/h4,7H,3,5-6H2,1-2H3. The number of ether oxygens (including phenoxy) is 1. The zero-order valence-corrected chi connectivity index (χ0v) is 7.59. The number of carbonyl (C=O) groups is 1. The molecule has 0 saturated heterocycles. The number of fused-ring (bicyclic) bond motifs is 2. The van der Waals surface area contributed by atoms with E-state index in [4.69, 9.17) is 4.74 Å². The van der Waals surface area contributed by atoms with Crippen LogP contribution in [0.15, 0.2) is 11.6 Å². The fourth-order valence-electron chi connectivity index (χ4n) is 2.54. The van der Waals surface area contributed by atoms with Gasteiger partial charge in [0.05, 0.1) is 12.5 Å². The highest BCUT2D eigenvalue weighted by Gasteiger charge is 2.48. The summed E-state index contributed by atoms with van der Waals surface area (Å²) >= 11 is 0. The van der Waals surface area contributed by atoms with Gasteiger partial charge in [-0.3, -0.25) is 4.79 Å². The number of allylic oxidation sites excluding steroid dienone is 1. The highest BCUT2D eigenvalue weighted by atomic mass is 16.5. The predicted molar refractivity (Wildman–Crippen MR) is 45.5 cm³/mol. The average Bonchev–Trinajstić information content (AvgIpc) is 2.62. The molecule has 0 aromatic rings. The van der Waals surface area contributed by atoms with Gasteiger partial charge in [0.1, 0.15) is 0 Å². The Bertz CT molecular complexity index is 255. The van der Waals surface area contributed by atoms with Gasteiger partial charge in [-0.1, -0.05) is 11.6 Å². The molecule has 0 radical (unpaired) electrons. The highest BCUT2D eigenvalue weighted by molar-refractivity contribution is 5.81. The molecule has 0 aliphatic heterocycles. The van der Waals surface area contributed by atoms with Gasteiger partial charge in [0.2, 0.25) is 0 Å². The molecule has 0 N–H and O–H groups in total. The van der Waals surface area contributed by atoms with Crippen molar-refractivity contribution in [2.45, 2.75) is 26.2 Å². The lowest BCUT2D eigenvalue weighted by Gasteiger charge is -2.25. The number of esters is 1. The van der Waals surface area contributed by atoms with E-state index in [1.807, 2.05) is 6.92 Å². The second-order valence-electron chi connectivity index (χ2n) is 4.06. The summed E-state index contributed by atoms with van der Waals surface area (Å²) in [7, 11) is 1.47. The summed E-state index contributed by atoms with van der Waals surface area (Å²) in [6, 6.07) is 0. The second-order valence-corrected chi connectivity index (χ2v) is 4.06. The molecular formula is C10H14O2. The van der Waals surface area contributed by atoms with Gasteiger partial charge in [-0.25, -0.2) is 0 Å². The van der Waals surface area contributed by atoms with Crippen LogP contribution in [0.4, 0.5) is 0 Å². The van der Waals surface area contributed by atoms with Gasteiger partial charge in [0.25, 0.3) is 0 Å². The highest BCUT2D eigenvalue weighted by Crippen LogP contribution is 2.52. The molecule has 12 heavy (non-hydrogen) atoms. The largest absolute Gasteiger partial charge is 0.468 e. The summed E-state index contributed by atoms with van der Waals surface area (Å²) in [6.45, 7) is 2.00. The minimum absolute atomic E-state index is 0.0593. The van der Waals surface area contributed by atoms with Crippen LogP contribution in [0.3, 0.4) is 0 Å². The van der Waals surface area contributed by atoms with E-state index in [1.54, 1.807) is 0 Å². The monoisotopic (exact) mass is 166 g/mol. The lowest BCUT2D eigenvalue weighted by Crippen LogP contribution is -2.29. The lowest BCUT2D eigenvalue weighted by atomic mass is 9.81. The molecule has 1 saturated carbocycles. The summed E-state index contributed by atoms with van der Waals surface area (Å²) in [5.41, 5.74) is 1.02. The van der Waals surface area contributed by atoms with Crippen molar-refractivity contribution in [3.8, 4) is 0 Å². The van der Waals surface area contributed by atoms with E-state index in [-0.39, 0.29) is 11.4 Å². The van der Waals surface area contributed by atoms with Crippen LogP contribution in [-0.4, -0.2) is 13.1 Å². The van der Waals surface area contributed by atoms with Crippen LogP contribution in [0.2, 0.25) is 0 Å². The Hall–Kier alpha value is -0.790. The number of hydrogen-bond acceptors (Lipinski definition) is 2. The SMILES string of the molecule is COC(=O)C1(C)CC2CC=C1C2. The third-order valence-corrected chi connectivity index (χ3v) is 3.25. The lowest BCUT2D eigenvalue weighted by molar-refractivity contribution is -0.149. The van der Waals surface area contributed by atoms with Crippen LogP contribution in [0.25, 0.3) is 0 Å². The van der Waals surface area contributed by atoms with Gasteiger partial charge in [-0.15, -0.1) is 0 Å². The quantitative estimate of drug-likeness (QED) is 0.439. The molecule has 2 nitrogen and oxygen atoms in total. The van der Waals surface area contributed by atoms with Gasteiger partial charge in [0, 0.05) is 0 Å². The molecule has 1 fully saturated rings. The Morgan fingerprint density at radius 3 is 2.92 bits per heavy atom. The molecular weight excluding hydrogens is 152 g/mol. The van der Waals surface area contributed by atoms with E-state index in [0.29, 0.717) is 5.92 Å². The molecule has 0 aromatic heterocycles. The van der Waals surface area contributed by atoms with Crippen molar-refractivity contribution in [3.63, 3.8) is 0 Å². The Kier molecular flexibility index (Phi) is 1.53. The van der Waals surface area contributed by atoms with Crippen molar-refractivity contribution >= 4 is 5.97 Å². The predicted octanol–water partition coefficient (Wildman–Crippen LogP) is 1.91. The van der Waals surface area contributed by atoms with Gasteiger partial charge in [-0.2, -0.15) is 0 Å². The van der Waals surface area contributed by atoms with E-state index in [9.17, 15) is 4.79 Å². The third-order valence-electron chi connectivity index (χ3n) is 3.25. The minimum atomic E-state index is -0.280. The molecule has 0 aromatic carbocycles. The molecule has 0 spiro atoms. The van der Waals surface area contributed by atoms with E-state index >= 15 is 0 Å². The molecule has 2 rings (SSSR count). The van der Waals surface area contributed by atoms with Gasteiger partial charge in [0.15, 0.2) is 0 Å². The van der Waals surface area contributed by atoms with Crippen molar-refractivity contribution in [1.29, 1.82) is 0 Å². The Morgan fingerprint density at radius 2 is 2.50 bits per heavy atom. The van der Waals surface area contributed by atoms with Crippen LogP contribution in [0.1, 0.15) is 26.2 Å². The third kappa shape index (κ3) is 0.838. The zero-order chi connectivity index (χ0) is 8.77. The van der Waals surface area contributed by atoms with Crippen molar-refractivity contribution < 1.29 is 9.53 Å². The Balaban J connectivity index is 2.28. The maximum absolute atomic E-state index is 11.5. The molecule has 0 heterocycles. The summed E-state index contributed by atoms with van der Waals surface area (Å²) in [5.74, 6) is 0.653. The first-order chi connectivity index (χ1) is 5.66. The van der Waals surface area contributed by atoms with Crippen molar-refractivity contribution in [2.75, 3.05) is 7.11 Å². The topological polar surface area (TPSA) is 26.3 Å². The smallest absolute Gasteiger partial charge is 0.315 e. The number of carbonyl (C=O) groups excluding carboxylic acids is 1. The van der Waals surface area contributed by atoms with Crippen LogP contribution in [0.5, 0.6) is 0 Å². The molecule has 2 heteroatoms. The first kappa shape index (κ1) is 7.84. The molecule has 0 amide bonds. The molecule has 2 bridgehead atoms. The van der Waals surface area contributed by atoms with Crippen LogP contribution in [0, 0.1) is 11.3 Å². The summed E-state index contributed by atoms with van der Waals surface area (Å²) in [4.78, 5) is 11.5. The van der Waals surface area contributed by atoms with E-state index in [0.717, 1.165) is 12.8 Å². The number of hydrogen-bond donors (Lipinski definition) is 0. The van der Waals surface area contributed by atoms with Crippen molar-refractivity contribution in [2.24, 2.45) is 11.3 Å². The zero-order valence-electron chi connectivity index (χ0n) is 7.59. The van der Waals surface area contributed by atoms with Crippen molar-refractivity contribution in [3.05, 3.63) is 11.6 Å². The van der Waals surface area contributed by atoms with Crippen LogP contribution >= 0.6 is 0 Å². The van der Waals surface area contributed by atoms with Gasteiger partial charge >= 0.3 is 5.97 Å². The van der Waals surface area contributed by atoms with Crippen LogP contribution in [-0.2, 0) is 9.53 Å². The number of methoxy groups -OCH3 is 1. The first-order valence-electron chi connectivity index (χ1n) is 4.45. The minimum Gasteiger partial charge on any atom is -0.468 e. The van der Waals surface area contributed by atoms with Crippen LogP contribution < -0.4 is 0 Å². The molecule has 66 valence electrons. The van der Waals surface area contributed by atoms with E-state index in [1.165, 1.54) is 19.1 Å². The maximum Gasteiger partial charge on any atom is 0.315 e. The molecule has 2 unspecified atom stereocenters. The second kappa shape index (κ2) is 2.35.